The van der Waals surface area contributed by atoms with E-state index in [4.69, 9.17) is 9.84 Å². The van der Waals surface area contributed by atoms with Crippen molar-refractivity contribution in [2.45, 2.75) is 25.3 Å². The maximum Gasteiger partial charge on any atom is 0.155 e. The Morgan fingerprint density at radius 2 is 2.00 bits per heavy atom. The van der Waals surface area contributed by atoms with E-state index in [1.807, 2.05) is 22.8 Å². The van der Waals surface area contributed by atoms with Gasteiger partial charge in [-0.3, -0.25) is 9.88 Å². The number of fused-ring (bicyclic) bond motifs is 1. The molecule has 0 spiro atoms. The maximum absolute atomic E-state index is 5.50. The molecule has 1 unspecified atom stereocenters. The molecule has 0 N–H and O–H groups in total. The van der Waals surface area contributed by atoms with Crippen molar-refractivity contribution in [2.75, 3.05) is 20.2 Å². The summed E-state index contributed by atoms with van der Waals surface area (Å²) in [5.74, 6) is 1.19. The number of benzene rings is 1. The van der Waals surface area contributed by atoms with Crippen LogP contribution in [0, 0.1) is 0 Å². The van der Waals surface area contributed by atoms with Gasteiger partial charge in [0.1, 0.15) is 11.4 Å². The van der Waals surface area contributed by atoms with Gasteiger partial charge in [-0.05, 0) is 37.1 Å². The molecule has 6 heteroatoms. The number of ether oxygens (including phenoxy) is 1. The molecule has 5 rings (SSSR count). The summed E-state index contributed by atoms with van der Waals surface area (Å²) in [5.41, 5.74) is 5.14. The topological polar surface area (TPSA) is 55.6 Å². The molecule has 152 valence electrons. The summed E-state index contributed by atoms with van der Waals surface area (Å²) in [5, 5.41) is 4.89. The molecule has 0 bridgehead atoms. The Morgan fingerprint density at radius 1 is 1.10 bits per heavy atom. The van der Waals surface area contributed by atoms with Gasteiger partial charge in [0.2, 0.25) is 0 Å². The van der Waals surface area contributed by atoms with Crippen LogP contribution in [0.3, 0.4) is 0 Å². The zero-order chi connectivity index (χ0) is 20.3. The molecule has 1 aliphatic heterocycles. The molecule has 3 aromatic heterocycles. The van der Waals surface area contributed by atoms with Gasteiger partial charge in [0.25, 0.3) is 0 Å². The minimum Gasteiger partial charge on any atom is -0.496 e. The summed E-state index contributed by atoms with van der Waals surface area (Å²) in [6.07, 6.45) is 7.77. The normalized spacial score (nSPS) is 17.3. The van der Waals surface area contributed by atoms with E-state index in [0.29, 0.717) is 5.92 Å². The van der Waals surface area contributed by atoms with Gasteiger partial charge in [0, 0.05) is 43.7 Å². The Bertz CT molecular complexity index is 1140. The number of hydrogen-bond acceptors (Lipinski definition) is 5. The van der Waals surface area contributed by atoms with E-state index >= 15 is 0 Å². The Hall–Kier alpha value is -3.25. The first kappa shape index (κ1) is 18.8. The van der Waals surface area contributed by atoms with E-state index in [2.05, 4.69) is 51.3 Å². The molecule has 1 aliphatic rings. The first-order valence-corrected chi connectivity index (χ1v) is 10.4. The third-order valence-corrected chi connectivity index (χ3v) is 5.84. The van der Waals surface area contributed by atoms with Gasteiger partial charge >= 0.3 is 0 Å². The summed E-state index contributed by atoms with van der Waals surface area (Å²) < 4.78 is 7.50. The number of likely N-dealkylation sites (tertiary alicyclic amines) is 1. The lowest BCUT2D eigenvalue weighted by Gasteiger charge is -2.33. The maximum atomic E-state index is 5.50. The number of hydrogen-bond donors (Lipinski definition) is 0. The number of pyridine rings is 1. The molecule has 0 saturated carbocycles. The van der Waals surface area contributed by atoms with Gasteiger partial charge in [-0.1, -0.05) is 30.3 Å². The summed E-state index contributed by atoms with van der Waals surface area (Å²) in [6.45, 7) is 3.15. The van der Waals surface area contributed by atoms with Crippen molar-refractivity contribution >= 4 is 5.65 Å². The predicted molar refractivity (Wildman–Crippen MR) is 116 cm³/mol. The largest absolute Gasteiger partial charge is 0.496 e. The highest BCUT2D eigenvalue weighted by Crippen LogP contribution is 2.31. The number of piperidine rings is 1. The number of aromatic nitrogens is 4. The van der Waals surface area contributed by atoms with Crippen LogP contribution in [0.25, 0.3) is 16.9 Å². The van der Waals surface area contributed by atoms with Crippen LogP contribution in [0.1, 0.15) is 30.0 Å². The summed E-state index contributed by atoms with van der Waals surface area (Å²) in [4.78, 5) is 11.3. The quantitative estimate of drug-likeness (QED) is 0.504. The van der Waals surface area contributed by atoms with Crippen molar-refractivity contribution in [2.24, 2.45) is 0 Å². The summed E-state index contributed by atoms with van der Waals surface area (Å²) in [6, 6.07) is 16.7. The lowest BCUT2D eigenvalue weighted by Crippen LogP contribution is -2.34. The number of methoxy groups -OCH3 is 1. The standard InChI is InChI=1S/C24H25N5O/c1-30-23-10-11-25-15-20(23)21-14-24-26-12-9-22(29(24)27-21)19-8-5-13-28(17-19)16-18-6-3-2-4-7-18/h2-4,6-7,9-12,14-15,19H,5,8,13,16-17H2,1H3. The highest BCUT2D eigenvalue weighted by molar-refractivity contribution is 5.69. The molecule has 1 atom stereocenters. The van der Waals surface area contributed by atoms with Crippen LogP contribution in [0.4, 0.5) is 0 Å². The van der Waals surface area contributed by atoms with E-state index in [9.17, 15) is 0 Å². The molecule has 0 amide bonds. The minimum absolute atomic E-state index is 0.427. The highest BCUT2D eigenvalue weighted by atomic mass is 16.5. The molecule has 4 heterocycles. The predicted octanol–water partition coefficient (Wildman–Crippen LogP) is 4.18. The fourth-order valence-corrected chi connectivity index (χ4v) is 4.39. The first-order valence-electron chi connectivity index (χ1n) is 10.4. The van der Waals surface area contributed by atoms with E-state index < -0.39 is 0 Å². The Kier molecular flexibility index (Phi) is 5.15. The zero-order valence-corrected chi connectivity index (χ0v) is 17.1. The van der Waals surface area contributed by atoms with Crippen molar-refractivity contribution in [1.82, 2.24) is 24.5 Å². The van der Waals surface area contributed by atoms with Crippen molar-refractivity contribution in [3.8, 4) is 17.0 Å². The van der Waals surface area contributed by atoms with Crippen LogP contribution in [-0.4, -0.2) is 44.7 Å². The number of nitrogens with zero attached hydrogens (tertiary/aromatic N) is 5. The smallest absolute Gasteiger partial charge is 0.155 e. The first-order chi connectivity index (χ1) is 14.8. The van der Waals surface area contributed by atoms with Gasteiger partial charge < -0.3 is 4.74 Å². The van der Waals surface area contributed by atoms with Crippen LogP contribution in [0.15, 0.2) is 67.1 Å². The zero-order valence-electron chi connectivity index (χ0n) is 17.1. The van der Waals surface area contributed by atoms with E-state index in [1.54, 1.807) is 19.5 Å². The molecule has 1 saturated heterocycles. The molecule has 1 aromatic carbocycles. The lowest BCUT2D eigenvalue weighted by molar-refractivity contribution is 0.197. The van der Waals surface area contributed by atoms with Crippen LogP contribution in [0.5, 0.6) is 5.75 Å². The third kappa shape index (κ3) is 3.66. The van der Waals surface area contributed by atoms with Crippen LogP contribution < -0.4 is 4.74 Å². The highest BCUT2D eigenvalue weighted by Gasteiger charge is 2.24. The van der Waals surface area contributed by atoms with Crippen LogP contribution >= 0.6 is 0 Å². The van der Waals surface area contributed by atoms with Crippen molar-refractivity contribution in [3.05, 3.63) is 78.4 Å². The SMILES string of the molecule is COc1ccncc1-c1cc2nccc(C3CCCN(Cc4ccccc4)C3)n2n1. The Labute approximate surface area is 176 Å². The van der Waals surface area contributed by atoms with Crippen molar-refractivity contribution in [3.63, 3.8) is 0 Å². The lowest BCUT2D eigenvalue weighted by atomic mass is 9.94. The average molecular weight is 399 g/mol. The summed E-state index contributed by atoms with van der Waals surface area (Å²) in [7, 11) is 1.67. The van der Waals surface area contributed by atoms with E-state index in [0.717, 1.165) is 48.7 Å². The van der Waals surface area contributed by atoms with E-state index in [-0.39, 0.29) is 0 Å². The van der Waals surface area contributed by atoms with Crippen LogP contribution in [0.2, 0.25) is 0 Å². The van der Waals surface area contributed by atoms with E-state index in [1.165, 1.54) is 17.7 Å². The molecule has 0 aliphatic carbocycles. The third-order valence-electron chi connectivity index (χ3n) is 5.84. The van der Waals surface area contributed by atoms with Gasteiger partial charge in [-0.2, -0.15) is 5.10 Å². The fraction of sp³-hybridized carbons (Fsp3) is 0.292. The van der Waals surface area contributed by atoms with Crippen molar-refractivity contribution in [1.29, 1.82) is 0 Å². The molecular formula is C24H25N5O. The molecule has 0 radical (unpaired) electrons. The van der Waals surface area contributed by atoms with Gasteiger partial charge in [0.05, 0.1) is 18.4 Å². The molecule has 4 aromatic rings. The number of rotatable bonds is 5. The van der Waals surface area contributed by atoms with Crippen molar-refractivity contribution < 1.29 is 4.74 Å². The van der Waals surface area contributed by atoms with Gasteiger partial charge in [-0.15, -0.1) is 0 Å². The second kappa shape index (κ2) is 8.24. The monoisotopic (exact) mass is 399 g/mol. The molecule has 1 fully saturated rings. The van der Waals surface area contributed by atoms with Gasteiger partial charge in [0.15, 0.2) is 5.65 Å². The van der Waals surface area contributed by atoms with Crippen LogP contribution in [-0.2, 0) is 6.54 Å². The molecule has 6 nitrogen and oxygen atoms in total. The molecular weight excluding hydrogens is 374 g/mol. The average Bonchev–Trinajstić information content (AvgIpc) is 3.24. The minimum atomic E-state index is 0.427. The second-order valence-electron chi connectivity index (χ2n) is 7.81. The fourth-order valence-electron chi connectivity index (χ4n) is 4.39. The Morgan fingerprint density at radius 3 is 2.87 bits per heavy atom. The summed E-state index contributed by atoms with van der Waals surface area (Å²) >= 11 is 0. The Balaban J connectivity index is 1.45. The van der Waals surface area contributed by atoms with Gasteiger partial charge in [-0.25, -0.2) is 9.50 Å². The molecule has 30 heavy (non-hydrogen) atoms. The second-order valence-corrected chi connectivity index (χ2v) is 7.81.